The van der Waals surface area contributed by atoms with E-state index in [4.69, 9.17) is 0 Å². The van der Waals surface area contributed by atoms with Gasteiger partial charge in [-0.05, 0) is 33.8 Å². The summed E-state index contributed by atoms with van der Waals surface area (Å²) in [4.78, 5) is 26.0. The maximum absolute atomic E-state index is 12.3. The number of rotatable bonds is 4. The Bertz CT molecular complexity index is 509. The number of halogens is 1. The summed E-state index contributed by atoms with van der Waals surface area (Å²) in [5.74, 6) is -0.495. The molecule has 2 heterocycles. The predicted octanol–water partition coefficient (Wildman–Crippen LogP) is 2.96. The summed E-state index contributed by atoms with van der Waals surface area (Å²) >= 11 is 6.47. The van der Waals surface area contributed by atoms with Crippen LogP contribution in [0.25, 0.3) is 0 Å². The lowest BCUT2D eigenvalue weighted by Gasteiger charge is -2.26. The van der Waals surface area contributed by atoms with Gasteiger partial charge in [-0.1, -0.05) is 6.92 Å². The molecule has 2 amide bonds. The zero-order chi connectivity index (χ0) is 14.7. The molecule has 8 heteroatoms. The van der Waals surface area contributed by atoms with Crippen LogP contribution < -0.4 is 5.32 Å². The molecule has 2 rings (SSSR count). The first-order chi connectivity index (χ1) is 9.54. The lowest BCUT2D eigenvalue weighted by molar-refractivity contribution is -0.141. The SMILES string of the molecule is CCC1SCC(C(=O)O)N1C(=O)NCc1sccc1Br. The van der Waals surface area contributed by atoms with Gasteiger partial charge in [-0.15, -0.1) is 23.1 Å². The van der Waals surface area contributed by atoms with Crippen molar-refractivity contribution in [2.45, 2.75) is 31.3 Å². The van der Waals surface area contributed by atoms with Crippen LogP contribution in [0.15, 0.2) is 15.9 Å². The minimum Gasteiger partial charge on any atom is -0.480 e. The summed E-state index contributed by atoms with van der Waals surface area (Å²) in [6, 6.07) is 0.874. The van der Waals surface area contributed by atoms with Gasteiger partial charge in [-0.25, -0.2) is 9.59 Å². The van der Waals surface area contributed by atoms with Gasteiger partial charge in [-0.3, -0.25) is 4.90 Å². The molecule has 1 aromatic rings. The number of urea groups is 1. The quantitative estimate of drug-likeness (QED) is 0.844. The summed E-state index contributed by atoms with van der Waals surface area (Å²) in [5, 5.41) is 13.9. The molecule has 0 spiro atoms. The molecular weight excluding hydrogens is 364 g/mol. The lowest BCUT2D eigenvalue weighted by Crippen LogP contribution is -2.49. The number of carboxylic acids is 1. The van der Waals surface area contributed by atoms with Crippen molar-refractivity contribution in [1.82, 2.24) is 10.2 Å². The molecule has 0 bridgehead atoms. The third-order valence-electron chi connectivity index (χ3n) is 3.05. The molecular formula is C12H15BrN2O3S2. The first-order valence-corrected chi connectivity index (χ1v) is 8.89. The van der Waals surface area contributed by atoms with Gasteiger partial charge in [0.15, 0.2) is 0 Å². The average Bonchev–Trinajstić information content (AvgIpc) is 3.01. The van der Waals surface area contributed by atoms with E-state index in [-0.39, 0.29) is 11.4 Å². The molecule has 0 saturated carbocycles. The van der Waals surface area contributed by atoms with Gasteiger partial charge in [0.1, 0.15) is 6.04 Å². The molecule has 20 heavy (non-hydrogen) atoms. The second-order valence-corrected chi connectivity index (χ2v) is 7.37. The van der Waals surface area contributed by atoms with Crippen molar-refractivity contribution in [2.24, 2.45) is 0 Å². The van der Waals surface area contributed by atoms with E-state index >= 15 is 0 Å². The van der Waals surface area contributed by atoms with E-state index < -0.39 is 12.0 Å². The van der Waals surface area contributed by atoms with Crippen LogP contribution in [0.3, 0.4) is 0 Å². The normalized spacial score (nSPS) is 22.0. The third kappa shape index (κ3) is 3.29. The Morgan fingerprint density at radius 1 is 1.60 bits per heavy atom. The molecule has 1 saturated heterocycles. The van der Waals surface area contributed by atoms with E-state index in [1.54, 1.807) is 11.3 Å². The fraction of sp³-hybridized carbons (Fsp3) is 0.500. The van der Waals surface area contributed by atoms with Crippen LogP contribution in [-0.2, 0) is 11.3 Å². The van der Waals surface area contributed by atoms with E-state index in [2.05, 4.69) is 21.2 Å². The number of hydrogen-bond donors (Lipinski definition) is 2. The highest BCUT2D eigenvalue weighted by Crippen LogP contribution is 2.31. The Kier molecular flexibility index (Phi) is 5.34. The Balaban J connectivity index is 2.02. The van der Waals surface area contributed by atoms with Gasteiger partial charge in [0.25, 0.3) is 0 Å². The van der Waals surface area contributed by atoms with Gasteiger partial charge < -0.3 is 10.4 Å². The Morgan fingerprint density at radius 2 is 2.35 bits per heavy atom. The van der Waals surface area contributed by atoms with Crippen molar-refractivity contribution in [3.05, 3.63) is 20.8 Å². The van der Waals surface area contributed by atoms with Gasteiger partial charge in [0, 0.05) is 15.1 Å². The number of aliphatic carboxylic acids is 1. The number of amides is 2. The first kappa shape index (κ1) is 15.7. The van der Waals surface area contributed by atoms with Crippen molar-refractivity contribution in [1.29, 1.82) is 0 Å². The minimum atomic E-state index is -0.944. The molecule has 110 valence electrons. The van der Waals surface area contributed by atoms with Crippen LogP contribution in [0.5, 0.6) is 0 Å². The molecule has 5 nitrogen and oxygen atoms in total. The molecule has 0 aliphatic carbocycles. The second-order valence-electron chi connectivity index (χ2n) is 4.31. The second kappa shape index (κ2) is 6.82. The van der Waals surface area contributed by atoms with Gasteiger partial charge in [0.05, 0.1) is 11.9 Å². The molecule has 0 aromatic carbocycles. The summed E-state index contributed by atoms with van der Waals surface area (Å²) in [6.45, 7) is 2.36. The molecule has 0 radical (unpaired) electrons. The van der Waals surface area contributed by atoms with E-state index in [1.807, 2.05) is 18.4 Å². The van der Waals surface area contributed by atoms with Crippen molar-refractivity contribution >= 4 is 51.0 Å². The van der Waals surface area contributed by atoms with Crippen LogP contribution >= 0.6 is 39.0 Å². The van der Waals surface area contributed by atoms with E-state index in [0.29, 0.717) is 12.3 Å². The summed E-state index contributed by atoms with van der Waals surface area (Å²) in [7, 11) is 0. The lowest BCUT2D eigenvalue weighted by atomic mass is 10.3. The standard InChI is InChI=1S/C12H15BrN2O3S2/c1-2-10-15(8(6-20-10)11(16)17)12(18)14-5-9-7(13)3-4-19-9/h3-4,8,10H,2,5-6H2,1H3,(H,14,18)(H,16,17). The predicted molar refractivity (Wildman–Crippen MR) is 84.1 cm³/mol. The van der Waals surface area contributed by atoms with Gasteiger partial charge in [-0.2, -0.15) is 0 Å². The van der Waals surface area contributed by atoms with Crippen molar-refractivity contribution in [2.75, 3.05) is 5.75 Å². The molecule has 2 unspecified atom stereocenters. The largest absolute Gasteiger partial charge is 0.480 e. The Morgan fingerprint density at radius 3 is 2.90 bits per heavy atom. The zero-order valence-electron chi connectivity index (χ0n) is 10.8. The summed E-state index contributed by atoms with van der Waals surface area (Å²) in [5.41, 5.74) is 0. The van der Waals surface area contributed by atoms with Crippen LogP contribution in [0.2, 0.25) is 0 Å². The zero-order valence-corrected chi connectivity index (χ0v) is 14.1. The fourth-order valence-electron chi connectivity index (χ4n) is 2.04. The van der Waals surface area contributed by atoms with Crippen LogP contribution in [0.1, 0.15) is 18.2 Å². The fourth-order valence-corrected chi connectivity index (χ4v) is 4.82. The number of carbonyl (C=O) groups is 2. The smallest absolute Gasteiger partial charge is 0.327 e. The number of thiophene rings is 1. The Labute approximate surface area is 133 Å². The Hall–Kier alpha value is -0.730. The highest BCUT2D eigenvalue weighted by molar-refractivity contribution is 9.10. The summed E-state index contributed by atoms with van der Waals surface area (Å²) < 4.78 is 0.959. The maximum atomic E-state index is 12.3. The maximum Gasteiger partial charge on any atom is 0.327 e. The van der Waals surface area contributed by atoms with Gasteiger partial charge >= 0.3 is 12.0 Å². The van der Waals surface area contributed by atoms with Crippen molar-refractivity contribution in [3.8, 4) is 0 Å². The molecule has 1 fully saturated rings. The number of nitrogens with one attached hydrogen (secondary N) is 1. The highest BCUT2D eigenvalue weighted by atomic mass is 79.9. The van der Waals surface area contributed by atoms with Gasteiger partial charge in [0.2, 0.25) is 0 Å². The first-order valence-electron chi connectivity index (χ1n) is 6.17. The number of carbonyl (C=O) groups excluding carboxylic acids is 1. The molecule has 1 aliphatic rings. The monoisotopic (exact) mass is 378 g/mol. The average molecular weight is 379 g/mol. The van der Waals surface area contributed by atoms with E-state index in [9.17, 15) is 14.7 Å². The summed E-state index contributed by atoms with van der Waals surface area (Å²) in [6.07, 6.45) is 0.741. The molecule has 2 atom stereocenters. The molecule has 1 aromatic heterocycles. The number of thioether (sulfide) groups is 1. The molecule has 1 aliphatic heterocycles. The van der Waals surface area contributed by atoms with Crippen molar-refractivity contribution in [3.63, 3.8) is 0 Å². The number of carboxylic acid groups (broad SMARTS) is 1. The topological polar surface area (TPSA) is 69.6 Å². The minimum absolute atomic E-state index is 0.0668. The number of nitrogens with zero attached hydrogens (tertiary/aromatic N) is 1. The number of hydrogen-bond acceptors (Lipinski definition) is 4. The van der Waals surface area contributed by atoms with Crippen LogP contribution in [-0.4, -0.2) is 39.2 Å². The van der Waals surface area contributed by atoms with E-state index in [1.165, 1.54) is 16.7 Å². The third-order valence-corrected chi connectivity index (χ3v) is 6.43. The highest BCUT2D eigenvalue weighted by Gasteiger charge is 2.40. The van der Waals surface area contributed by atoms with Crippen LogP contribution in [0.4, 0.5) is 4.79 Å². The van der Waals surface area contributed by atoms with Crippen molar-refractivity contribution < 1.29 is 14.7 Å². The van der Waals surface area contributed by atoms with Crippen LogP contribution in [0, 0.1) is 0 Å². The van der Waals surface area contributed by atoms with E-state index in [0.717, 1.165) is 15.8 Å². The molecule has 2 N–H and O–H groups in total.